The molecule has 40 heavy (non-hydrogen) atoms. The summed E-state index contributed by atoms with van der Waals surface area (Å²) in [6.07, 6.45) is 1.40. The topological polar surface area (TPSA) is 37.0 Å². The fraction of sp³-hybridized carbons (Fsp3) is 0.0263. The molecule has 0 saturated carbocycles. The highest BCUT2D eigenvalue weighted by Gasteiger charge is 2.38. The molecular weight excluding hydrogens is 486 g/mol. The molecule has 0 saturated heterocycles. The van der Waals surface area contributed by atoms with Gasteiger partial charge in [0.15, 0.2) is 0 Å². The molecular formula is C38H27NO. The summed E-state index contributed by atoms with van der Waals surface area (Å²) in [6, 6.07) is 53.5. The van der Waals surface area contributed by atoms with Crippen LogP contribution in [0.5, 0.6) is 0 Å². The van der Waals surface area contributed by atoms with Gasteiger partial charge in [-0.1, -0.05) is 127 Å². The van der Waals surface area contributed by atoms with E-state index in [9.17, 15) is 0 Å². The lowest BCUT2D eigenvalue weighted by Crippen LogP contribution is -2.31. The molecule has 0 bridgehead atoms. The molecule has 0 fully saturated rings. The van der Waals surface area contributed by atoms with Crippen LogP contribution in [0.1, 0.15) is 27.8 Å². The Kier molecular flexibility index (Phi) is 5.87. The van der Waals surface area contributed by atoms with Crippen molar-refractivity contribution in [2.24, 2.45) is 0 Å². The Hall–Kier alpha value is -5.21. The van der Waals surface area contributed by atoms with Gasteiger partial charge in [-0.15, -0.1) is 0 Å². The summed E-state index contributed by atoms with van der Waals surface area (Å²) in [5, 5.41) is 9.94. The van der Waals surface area contributed by atoms with E-state index in [1.54, 1.807) is 0 Å². The summed E-state index contributed by atoms with van der Waals surface area (Å²) in [4.78, 5) is 0. The van der Waals surface area contributed by atoms with Crippen molar-refractivity contribution in [2.45, 2.75) is 5.41 Å². The van der Waals surface area contributed by atoms with Crippen molar-refractivity contribution in [1.29, 1.82) is 5.41 Å². The lowest BCUT2D eigenvalue weighted by atomic mass is 9.65. The second-order valence-electron chi connectivity index (χ2n) is 10.1. The first-order valence-electron chi connectivity index (χ1n) is 13.5. The van der Waals surface area contributed by atoms with Gasteiger partial charge in [0.2, 0.25) is 0 Å². The van der Waals surface area contributed by atoms with Gasteiger partial charge in [0.25, 0.3) is 0 Å². The predicted molar refractivity (Wildman–Crippen MR) is 165 cm³/mol. The zero-order chi connectivity index (χ0) is 26.9. The van der Waals surface area contributed by atoms with E-state index >= 15 is 0 Å². The Balaban J connectivity index is 1.49. The summed E-state index contributed by atoms with van der Waals surface area (Å²) < 4.78 is 6.13. The van der Waals surface area contributed by atoms with Gasteiger partial charge in [-0.05, 0) is 57.6 Å². The Bertz CT molecular complexity index is 1860. The van der Waals surface area contributed by atoms with E-state index in [0.29, 0.717) is 0 Å². The van der Waals surface area contributed by atoms with Crippen LogP contribution in [0.15, 0.2) is 156 Å². The largest absolute Gasteiger partial charge is 0.456 e. The van der Waals surface area contributed by atoms with Crippen molar-refractivity contribution in [3.05, 3.63) is 179 Å². The average Bonchev–Trinajstić information content (AvgIpc) is 3.41. The highest BCUT2D eigenvalue weighted by atomic mass is 16.3. The smallest absolute Gasteiger partial charge is 0.136 e. The molecule has 0 unspecified atom stereocenters. The van der Waals surface area contributed by atoms with Gasteiger partial charge in [-0.3, -0.25) is 0 Å². The molecule has 0 atom stereocenters. The lowest BCUT2D eigenvalue weighted by Gasteiger charge is -2.37. The molecule has 0 amide bonds. The average molecular weight is 514 g/mol. The van der Waals surface area contributed by atoms with Gasteiger partial charge >= 0.3 is 0 Å². The maximum atomic E-state index is 7.93. The highest BCUT2D eigenvalue weighted by Crippen LogP contribution is 2.46. The minimum Gasteiger partial charge on any atom is -0.456 e. The Morgan fingerprint density at radius 1 is 0.475 bits per heavy atom. The first kappa shape index (κ1) is 23.9. The third-order valence-electron chi connectivity index (χ3n) is 7.93. The molecule has 0 aliphatic carbocycles. The molecule has 6 aromatic carbocycles. The number of fused-ring (bicyclic) bond motifs is 3. The molecule has 0 aliphatic heterocycles. The maximum Gasteiger partial charge on any atom is 0.136 e. The van der Waals surface area contributed by atoms with Crippen molar-refractivity contribution < 1.29 is 4.42 Å². The van der Waals surface area contributed by atoms with Gasteiger partial charge in [0.1, 0.15) is 11.2 Å². The second kappa shape index (κ2) is 9.83. The van der Waals surface area contributed by atoms with Crippen molar-refractivity contribution >= 4 is 28.2 Å². The zero-order valence-corrected chi connectivity index (χ0v) is 21.9. The maximum absolute atomic E-state index is 7.93. The van der Waals surface area contributed by atoms with E-state index in [1.165, 1.54) is 28.5 Å². The van der Waals surface area contributed by atoms with Crippen LogP contribution in [0.2, 0.25) is 0 Å². The van der Waals surface area contributed by atoms with Crippen molar-refractivity contribution in [3.63, 3.8) is 0 Å². The van der Waals surface area contributed by atoms with E-state index in [4.69, 9.17) is 9.83 Å². The minimum absolute atomic E-state index is 0.500. The van der Waals surface area contributed by atoms with Crippen molar-refractivity contribution in [3.8, 4) is 11.1 Å². The van der Waals surface area contributed by atoms with E-state index in [0.717, 1.165) is 38.6 Å². The summed E-state index contributed by atoms with van der Waals surface area (Å²) in [6.45, 7) is 0. The molecule has 0 radical (unpaired) electrons. The Morgan fingerprint density at radius 3 is 1.62 bits per heavy atom. The second-order valence-corrected chi connectivity index (χ2v) is 10.1. The number of rotatable bonds is 6. The van der Waals surface area contributed by atoms with E-state index < -0.39 is 5.41 Å². The molecule has 1 aromatic heterocycles. The van der Waals surface area contributed by atoms with Crippen molar-refractivity contribution in [2.75, 3.05) is 0 Å². The number of hydrogen-bond donors (Lipinski definition) is 1. The molecule has 2 nitrogen and oxygen atoms in total. The Labute approximate surface area is 233 Å². The van der Waals surface area contributed by atoms with Crippen LogP contribution >= 0.6 is 0 Å². The van der Waals surface area contributed by atoms with Crippen molar-refractivity contribution in [1.82, 2.24) is 0 Å². The van der Waals surface area contributed by atoms with Crippen LogP contribution in [-0.2, 0) is 5.41 Å². The summed E-state index contributed by atoms with van der Waals surface area (Å²) in [5.74, 6) is 0. The molecule has 7 rings (SSSR count). The molecule has 1 heterocycles. The fourth-order valence-electron chi connectivity index (χ4n) is 6.15. The van der Waals surface area contributed by atoms with E-state index in [2.05, 4.69) is 127 Å². The summed E-state index contributed by atoms with van der Waals surface area (Å²) in [5.41, 5.74) is 9.09. The predicted octanol–water partition coefficient (Wildman–Crippen LogP) is 9.63. The van der Waals surface area contributed by atoms with Crippen LogP contribution < -0.4 is 0 Å². The van der Waals surface area contributed by atoms with Gasteiger partial charge in [0.05, 0.1) is 5.41 Å². The van der Waals surface area contributed by atoms with Gasteiger partial charge in [-0.25, -0.2) is 0 Å². The molecule has 190 valence electrons. The SMILES string of the molecule is N=Cc1cccc2oc3ccc(-c4cccc(C(c5ccccc5)(c5ccccc5)c5ccccc5)c4)cc3c12. The van der Waals surface area contributed by atoms with Gasteiger partial charge < -0.3 is 9.83 Å². The van der Waals surface area contributed by atoms with Crippen LogP contribution in [0.3, 0.4) is 0 Å². The normalized spacial score (nSPS) is 11.6. The first-order chi connectivity index (χ1) is 19.8. The molecule has 0 aliphatic rings. The molecule has 2 heteroatoms. The van der Waals surface area contributed by atoms with E-state index in [1.807, 2.05) is 24.3 Å². The standard InChI is InChI=1S/C38H27NO/c39-26-29-13-11-21-36-37(29)34-25-28(22-23-35(34)40-36)27-12-10-20-33(24-27)38(30-14-4-1-5-15-30,31-16-6-2-7-17-31)32-18-8-3-9-19-32/h1-26,39H. The number of nitrogens with one attached hydrogen (secondary N) is 1. The van der Waals surface area contributed by atoms with Crippen LogP contribution in [0, 0.1) is 5.41 Å². The summed E-state index contributed by atoms with van der Waals surface area (Å²) in [7, 11) is 0. The third-order valence-corrected chi connectivity index (χ3v) is 7.93. The molecule has 1 N–H and O–H groups in total. The van der Waals surface area contributed by atoms with Crippen LogP contribution in [0.25, 0.3) is 33.1 Å². The Morgan fingerprint density at radius 2 is 1.02 bits per heavy atom. The summed E-state index contributed by atoms with van der Waals surface area (Å²) >= 11 is 0. The number of hydrogen-bond acceptors (Lipinski definition) is 2. The van der Waals surface area contributed by atoms with E-state index in [-0.39, 0.29) is 0 Å². The fourth-order valence-corrected chi connectivity index (χ4v) is 6.15. The van der Waals surface area contributed by atoms with Gasteiger partial charge in [0, 0.05) is 22.6 Å². The molecule has 0 spiro atoms. The zero-order valence-electron chi connectivity index (χ0n) is 21.9. The highest BCUT2D eigenvalue weighted by molar-refractivity contribution is 6.13. The van der Waals surface area contributed by atoms with Crippen LogP contribution in [-0.4, -0.2) is 6.21 Å². The quantitative estimate of drug-likeness (QED) is 0.174. The monoisotopic (exact) mass is 513 g/mol. The number of furan rings is 1. The minimum atomic E-state index is -0.500. The number of benzene rings is 6. The first-order valence-corrected chi connectivity index (χ1v) is 13.5. The third kappa shape index (κ3) is 3.77. The van der Waals surface area contributed by atoms with Gasteiger partial charge in [-0.2, -0.15) is 0 Å². The van der Waals surface area contributed by atoms with Crippen LogP contribution in [0.4, 0.5) is 0 Å². The molecule has 7 aromatic rings. The lowest BCUT2D eigenvalue weighted by molar-refractivity contribution is 0.669.